The Morgan fingerprint density at radius 2 is 1.95 bits per heavy atom. The lowest BCUT2D eigenvalue weighted by Crippen LogP contribution is -2.31. The van der Waals surface area contributed by atoms with Crippen molar-refractivity contribution in [2.45, 2.75) is 25.7 Å². The molecule has 7 heteroatoms. The molecule has 1 atom stereocenters. The third kappa shape index (κ3) is 3.05. The highest BCUT2D eigenvalue weighted by Gasteiger charge is 2.31. The summed E-state index contributed by atoms with van der Waals surface area (Å²) in [5, 5.41) is 0. The van der Waals surface area contributed by atoms with Crippen LogP contribution in [0.25, 0.3) is 0 Å². The summed E-state index contributed by atoms with van der Waals surface area (Å²) in [6.07, 6.45) is 4.06. The minimum atomic E-state index is 0.0587. The minimum absolute atomic E-state index is 0.0587. The van der Waals surface area contributed by atoms with Crippen LogP contribution in [0.4, 0.5) is 17.6 Å². The van der Waals surface area contributed by atoms with Gasteiger partial charge in [-0.25, -0.2) is 0 Å². The van der Waals surface area contributed by atoms with E-state index in [4.69, 9.17) is 17.3 Å². The first kappa shape index (κ1) is 14.4. The van der Waals surface area contributed by atoms with Gasteiger partial charge in [-0.1, -0.05) is 0 Å². The van der Waals surface area contributed by atoms with Gasteiger partial charge in [0.25, 0.3) is 0 Å². The Kier molecular flexibility index (Phi) is 4.14. The lowest BCUT2D eigenvalue weighted by Gasteiger charge is -2.28. The molecule has 3 rings (SSSR count). The highest BCUT2D eigenvalue weighted by Crippen LogP contribution is 2.28. The van der Waals surface area contributed by atoms with Crippen molar-refractivity contribution in [3.8, 4) is 0 Å². The molecular formula is C14H20ClN5O. The lowest BCUT2D eigenvalue weighted by molar-refractivity contribution is -0.117. The van der Waals surface area contributed by atoms with Crippen LogP contribution in [0.3, 0.4) is 0 Å². The third-order valence-corrected chi connectivity index (χ3v) is 4.53. The number of anilines is 3. The zero-order chi connectivity index (χ0) is 14.8. The van der Waals surface area contributed by atoms with E-state index in [1.165, 1.54) is 6.42 Å². The van der Waals surface area contributed by atoms with E-state index in [0.717, 1.165) is 31.7 Å². The van der Waals surface area contributed by atoms with Crippen molar-refractivity contribution in [3.63, 3.8) is 0 Å². The second-order valence-corrected chi connectivity index (χ2v) is 6.03. The number of nitrogens with zero attached hydrogens (tertiary/aromatic N) is 4. The predicted octanol–water partition coefficient (Wildman–Crippen LogP) is 1.64. The molecule has 2 saturated heterocycles. The molecule has 6 nitrogen and oxygen atoms in total. The quantitative estimate of drug-likeness (QED) is 0.859. The molecule has 21 heavy (non-hydrogen) atoms. The highest BCUT2D eigenvalue weighted by atomic mass is 35.5. The summed E-state index contributed by atoms with van der Waals surface area (Å²) in [5.74, 6) is 2.37. The van der Waals surface area contributed by atoms with Gasteiger partial charge < -0.3 is 10.6 Å². The monoisotopic (exact) mass is 309 g/mol. The number of carbonyl (C=O) groups is 1. The maximum Gasteiger partial charge on any atom is 0.228 e. The highest BCUT2D eigenvalue weighted by molar-refractivity contribution is 6.18. The Hall–Kier alpha value is -1.56. The molecule has 0 aromatic carbocycles. The van der Waals surface area contributed by atoms with Crippen molar-refractivity contribution >= 4 is 35.1 Å². The van der Waals surface area contributed by atoms with Crippen molar-refractivity contribution < 1.29 is 4.79 Å². The Labute approximate surface area is 129 Å². The number of amides is 1. The van der Waals surface area contributed by atoms with Crippen molar-refractivity contribution in [3.05, 3.63) is 6.07 Å². The maximum atomic E-state index is 12.1. The Morgan fingerprint density at radius 1 is 1.24 bits per heavy atom. The first-order chi connectivity index (χ1) is 10.2. The van der Waals surface area contributed by atoms with Crippen molar-refractivity contribution in [1.82, 2.24) is 9.97 Å². The Bertz CT molecular complexity index is 532. The molecule has 0 radical (unpaired) electrons. The van der Waals surface area contributed by atoms with Gasteiger partial charge in [0.15, 0.2) is 0 Å². The molecule has 1 amide bonds. The summed E-state index contributed by atoms with van der Waals surface area (Å²) in [4.78, 5) is 24.5. The lowest BCUT2D eigenvalue weighted by atomic mass is 10.1. The van der Waals surface area contributed by atoms with Crippen LogP contribution in [0.1, 0.15) is 25.7 Å². The number of nitrogens with two attached hydrogens (primary N) is 1. The van der Waals surface area contributed by atoms with E-state index in [1.807, 2.05) is 6.07 Å². The molecule has 2 fully saturated rings. The molecule has 114 valence electrons. The fourth-order valence-electron chi connectivity index (χ4n) is 2.97. The molecule has 2 aliphatic heterocycles. The van der Waals surface area contributed by atoms with Crippen molar-refractivity contribution in [1.29, 1.82) is 0 Å². The van der Waals surface area contributed by atoms with E-state index < -0.39 is 0 Å². The van der Waals surface area contributed by atoms with Gasteiger partial charge in [-0.3, -0.25) is 9.69 Å². The fraction of sp³-hybridized carbons (Fsp3) is 0.643. The molecule has 1 unspecified atom stereocenters. The van der Waals surface area contributed by atoms with Gasteiger partial charge >= 0.3 is 0 Å². The zero-order valence-corrected chi connectivity index (χ0v) is 12.7. The fourth-order valence-corrected chi connectivity index (χ4v) is 3.18. The molecule has 0 spiro atoms. The third-order valence-electron chi connectivity index (χ3n) is 4.10. The molecule has 0 bridgehead atoms. The normalized spacial score (nSPS) is 22.9. The Balaban J connectivity index is 1.85. The van der Waals surface area contributed by atoms with E-state index in [2.05, 4.69) is 14.9 Å². The average molecular weight is 310 g/mol. The second-order valence-electron chi connectivity index (χ2n) is 5.72. The average Bonchev–Trinajstić information content (AvgIpc) is 2.89. The largest absolute Gasteiger partial charge is 0.368 e. The van der Waals surface area contributed by atoms with Gasteiger partial charge in [0.05, 0.1) is 0 Å². The van der Waals surface area contributed by atoms with Gasteiger partial charge in [-0.15, -0.1) is 11.6 Å². The Morgan fingerprint density at radius 3 is 2.62 bits per heavy atom. The van der Waals surface area contributed by atoms with Crippen molar-refractivity contribution in [2.24, 2.45) is 5.92 Å². The molecule has 3 heterocycles. The van der Waals surface area contributed by atoms with E-state index in [-0.39, 0.29) is 17.8 Å². The SMILES string of the molecule is Nc1nc(N2CCCCC2)cc(N2CC(CCl)CC2=O)n1. The number of alkyl halides is 1. The van der Waals surface area contributed by atoms with E-state index in [0.29, 0.717) is 24.7 Å². The first-order valence-electron chi connectivity index (χ1n) is 7.43. The molecule has 2 aliphatic rings. The second kappa shape index (κ2) is 6.05. The van der Waals surface area contributed by atoms with Gasteiger partial charge in [-0.2, -0.15) is 9.97 Å². The number of nitrogen functional groups attached to an aromatic ring is 1. The number of piperidine rings is 1. The van der Waals surface area contributed by atoms with Crippen LogP contribution >= 0.6 is 11.6 Å². The van der Waals surface area contributed by atoms with Crippen LogP contribution in [-0.2, 0) is 4.79 Å². The number of rotatable bonds is 3. The van der Waals surface area contributed by atoms with Crippen LogP contribution in [-0.4, -0.2) is 41.4 Å². The summed E-state index contributed by atoms with van der Waals surface area (Å²) >= 11 is 5.87. The molecule has 1 aromatic heterocycles. The summed E-state index contributed by atoms with van der Waals surface area (Å²) in [5.41, 5.74) is 5.83. The van der Waals surface area contributed by atoms with Gasteiger partial charge in [-0.05, 0) is 25.2 Å². The van der Waals surface area contributed by atoms with Crippen LogP contribution in [0, 0.1) is 5.92 Å². The number of hydrogen-bond acceptors (Lipinski definition) is 5. The number of aromatic nitrogens is 2. The summed E-state index contributed by atoms with van der Waals surface area (Å²) in [6, 6.07) is 1.87. The van der Waals surface area contributed by atoms with Gasteiger partial charge in [0.2, 0.25) is 11.9 Å². The van der Waals surface area contributed by atoms with Crippen LogP contribution in [0.2, 0.25) is 0 Å². The number of carbonyl (C=O) groups excluding carboxylic acids is 1. The first-order valence-corrected chi connectivity index (χ1v) is 7.96. The van der Waals surface area contributed by atoms with E-state index >= 15 is 0 Å². The van der Waals surface area contributed by atoms with E-state index in [1.54, 1.807) is 4.90 Å². The molecule has 1 aromatic rings. The van der Waals surface area contributed by atoms with Crippen LogP contribution < -0.4 is 15.5 Å². The molecule has 2 N–H and O–H groups in total. The van der Waals surface area contributed by atoms with E-state index in [9.17, 15) is 4.79 Å². The van der Waals surface area contributed by atoms with Gasteiger partial charge in [0.1, 0.15) is 11.6 Å². The molecular weight excluding hydrogens is 290 g/mol. The smallest absolute Gasteiger partial charge is 0.228 e. The number of hydrogen-bond donors (Lipinski definition) is 1. The van der Waals surface area contributed by atoms with Gasteiger partial charge in [0, 0.05) is 38.0 Å². The summed E-state index contributed by atoms with van der Waals surface area (Å²) in [6.45, 7) is 2.57. The molecule has 0 saturated carbocycles. The van der Waals surface area contributed by atoms with Crippen LogP contribution in [0.15, 0.2) is 6.07 Å². The van der Waals surface area contributed by atoms with Crippen LogP contribution in [0.5, 0.6) is 0 Å². The predicted molar refractivity (Wildman–Crippen MR) is 83.7 cm³/mol. The maximum absolute atomic E-state index is 12.1. The van der Waals surface area contributed by atoms with Crippen molar-refractivity contribution in [2.75, 3.05) is 41.0 Å². The summed E-state index contributed by atoms with van der Waals surface area (Å²) < 4.78 is 0. The number of halogens is 1. The molecule has 0 aliphatic carbocycles. The topological polar surface area (TPSA) is 75.3 Å². The zero-order valence-electron chi connectivity index (χ0n) is 12.0. The minimum Gasteiger partial charge on any atom is -0.368 e. The standard InChI is InChI=1S/C14H20ClN5O/c15-8-10-6-13(21)20(9-10)12-7-11(17-14(16)18-12)19-4-2-1-3-5-19/h7,10H,1-6,8-9H2,(H2,16,17,18). The summed E-state index contributed by atoms with van der Waals surface area (Å²) in [7, 11) is 0.